The number of rotatable bonds is 8. The van der Waals surface area contributed by atoms with Crippen molar-refractivity contribution in [2.24, 2.45) is 0 Å². The molecule has 2 N–H and O–H groups in total. The smallest absolute Gasteiger partial charge is 0.0371 e. The van der Waals surface area contributed by atoms with Gasteiger partial charge in [0.15, 0.2) is 0 Å². The minimum absolute atomic E-state index is 0.644. The first-order chi connectivity index (χ1) is 7.83. The van der Waals surface area contributed by atoms with Crippen LogP contribution in [0.25, 0.3) is 0 Å². The lowest BCUT2D eigenvalue weighted by Crippen LogP contribution is -2.27. The Kier molecular flexibility index (Phi) is 6.58. The van der Waals surface area contributed by atoms with Crippen LogP contribution in [0.4, 0.5) is 5.69 Å². The van der Waals surface area contributed by atoms with E-state index in [9.17, 15) is 0 Å². The van der Waals surface area contributed by atoms with Crippen molar-refractivity contribution in [3.63, 3.8) is 0 Å². The summed E-state index contributed by atoms with van der Waals surface area (Å²) in [6, 6.07) is 4.63. The van der Waals surface area contributed by atoms with Crippen molar-refractivity contribution in [2.75, 3.05) is 18.4 Å². The number of nitrogens with zero attached hydrogens (tertiary/aromatic N) is 1. The summed E-state index contributed by atoms with van der Waals surface area (Å²) >= 11 is 0. The second-order valence-electron chi connectivity index (χ2n) is 4.16. The van der Waals surface area contributed by atoms with Gasteiger partial charge in [0, 0.05) is 30.7 Å². The van der Waals surface area contributed by atoms with Gasteiger partial charge >= 0.3 is 0 Å². The molecule has 1 atom stereocenters. The fourth-order valence-electron chi connectivity index (χ4n) is 1.67. The highest BCUT2D eigenvalue weighted by atomic mass is 14.9. The molecule has 0 bridgehead atoms. The van der Waals surface area contributed by atoms with Crippen LogP contribution in [0.15, 0.2) is 24.5 Å². The van der Waals surface area contributed by atoms with Crippen LogP contribution in [0, 0.1) is 0 Å². The van der Waals surface area contributed by atoms with Gasteiger partial charge in [-0.2, -0.15) is 0 Å². The minimum atomic E-state index is 0.644. The molecule has 3 nitrogen and oxygen atoms in total. The van der Waals surface area contributed by atoms with Crippen LogP contribution in [-0.4, -0.2) is 24.1 Å². The standard InChI is InChI=1S/C13H23N3/c1-3-5-12(2)15-8-4-9-16-13-6-10-14-11-7-13/h6-7,10-12,15H,3-5,8-9H2,1-2H3,(H,14,16). The van der Waals surface area contributed by atoms with E-state index in [-0.39, 0.29) is 0 Å². The molecule has 16 heavy (non-hydrogen) atoms. The van der Waals surface area contributed by atoms with E-state index in [1.807, 2.05) is 24.5 Å². The van der Waals surface area contributed by atoms with Crippen LogP contribution < -0.4 is 10.6 Å². The van der Waals surface area contributed by atoms with Crippen molar-refractivity contribution in [1.29, 1.82) is 0 Å². The van der Waals surface area contributed by atoms with Gasteiger partial charge in [0.05, 0.1) is 0 Å². The summed E-state index contributed by atoms with van der Waals surface area (Å²) in [5.41, 5.74) is 1.15. The second kappa shape index (κ2) is 8.11. The van der Waals surface area contributed by atoms with Crippen LogP contribution in [0.3, 0.4) is 0 Å². The van der Waals surface area contributed by atoms with Gasteiger partial charge in [-0.25, -0.2) is 0 Å². The Hall–Kier alpha value is -1.09. The molecular formula is C13H23N3. The van der Waals surface area contributed by atoms with E-state index >= 15 is 0 Å². The molecule has 0 amide bonds. The lowest BCUT2D eigenvalue weighted by molar-refractivity contribution is 0.505. The molecule has 0 aliphatic rings. The summed E-state index contributed by atoms with van der Waals surface area (Å²) in [7, 11) is 0. The van der Waals surface area contributed by atoms with Gasteiger partial charge in [0.2, 0.25) is 0 Å². The Morgan fingerprint density at radius 3 is 2.69 bits per heavy atom. The normalized spacial score (nSPS) is 12.4. The molecular weight excluding hydrogens is 198 g/mol. The third-order valence-corrected chi connectivity index (χ3v) is 2.58. The highest BCUT2D eigenvalue weighted by Gasteiger charge is 1.97. The van der Waals surface area contributed by atoms with E-state index in [1.54, 1.807) is 0 Å². The Labute approximate surface area is 98.7 Å². The third kappa shape index (κ3) is 5.71. The molecule has 0 saturated carbocycles. The number of anilines is 1. The Bertz CT molecular complexity index is 261. The molecule has 0 fully saturated rings. The quantitative estimate of drug-likeness (QED) is 0.663. The van der Waals surface area contributed by atoms with Gasteiger partial charge in [0.25, 0.3) is 0 Å². The maximum atomic E-state index is 3.98. The van der Waals surface area contributed by atoms with Gasteiger partial charge in [-0.15, -0.1) is 0 Å². The first-order valence-electron chi connectivity index (χ1n) is 6.20. The van der Waals surface area contributed by atoms with Crippen molar-refractivity contribution in [2.45, 2.75) is 39.2 Å². The third-order valence-electron chi connectivity index (χ3n) is 2.58. The summed E-state index contributed by atoms with van der Waals surface area (Å²) in [6.07, 6.45) is 7.28. The number of pyridine rings is 1. The van der Waals surface area contributed by atoms with Crippen molar-refractivity contribution in [1.82, 2.24) is 10.3 Å². The molecule has 0 aliphatic carbocycles. The van der Waals surface area contributed by atoms with Crippen LogP contribution in [0.2, 0.25) is 0 Å². The minimum Gasteiger partial charge on any atom is -0.385 e. The monoisotopic (exact) mass is 221 g/mol. The van der Waals surface area contributed by atoms with Crippen molar-refractivity contribution >= 4 is 5.69 Å². The zero-order valence-electron chi connectivity index (χ0n) is 10.4. The lowest BCUT2D eigenvalue weighted by atomic mass is 10.2. The Morgan fingerprint density at radius 1 is 1.25 bits per heavy atom. The predicted octanol–water partition coefficient (Wildman–Crippen LogP) is 2.66. The van der Waals surface area contributed by atoms with E-state index in [0.29, 0.717) is 6.04 Å². The average molecular weight is 221 g/mol. The van der Waals surface area contributed by atoms with E-state index in [0.717, 1.165) is 25.2 Å². The van der Waals surface area contributed by atoms with E-state index < -0.39 is 0 Å². The lowest BCUT2D eigenvalue weighted by Gasteiger charge is -2.12. The topological polar surface area (TPSA) is 37.0 Å². The first kappa shape index (κ1) is 13.0. The average Bonchev–Trinajstić information content (AvgIpc) is 2.30. The summed E-state index contributed by atoms with van der Waals surface area (Å²) < 4.78 is 0. The van der Waals surface area contributed by atoms with Crippen LogP contribution in [0.1, 0.15) is 33.1 Å². The second-order valence-corrected chi connectivity index (χ2v) is 4.16. The molecule has 0 spiro atoms. The van der Waals surface area contributed by atoms with E-state index in [4.69, 9.17) is 0 Å². The van der Waals surface area contributed by atoms with Crippen LogP contribution >= 0.6 is 0 Å². The Balaban J connectivity index is 2.00. The largest absolute Gasteiger partial charge is 0.385 e. The number of hydrogen-bond donors (Lipinski definition) is 2. The SMILES string of the molecule is CCCC(C)NCCCNc1ccncc1. The molecule has 1 aromatic heterocycles. The van der Waals surface area contributed by atoms with Gasteiger partial charge in [-0.05, 0) is 38.4 Å². The maximum Gasteiger partial charge on any atom is 0.0371 e. The summed E-state index contributed by atoms with van der Waals surface area (Å²) in [5.74, 6) is 0. The predicted molar refractivity (Wildman–Crippen MR) is 69.7 cm³/mol. The van der Waals surface area contributed by atoms with Crippen molar-refractivity contribution < 1.29 is 0 Å². The molecule has 1 unspecified atom stereocenters. The first-order valence-corrected chi connectivity index (χ1v) is 6.20. The van der Waals surface area contributed by atoms with Crippen molar-refractivity contribution in [3.8, 4) is 0 Å². The molecule has 1 rings (SSSR count). The molecule has 0 aliphatic heterocycles. The highest BCUT2D eigenvalue weighted by Crippen LogP contribution is 2.02. The summed E-state index contributed by atoms with van der Waals surface area (Å²) in [4.78, 5) is 3.98. The van der Waals surface area contributed by atoms with E-state index in [2.05, 4.69) is 29.5 Å². The van der Waals surface area contributed by atoms with Crippen LogP contribution in [0.5, 0.6) is 0 Å². The van der Waals surface area contributed by atoms with Crippen LogP contribution in [-0.2, 0) is 0 Å². The van der Waals surface area contributed by atoms with E-state index in [1.165, 1.54) is 12.8 Å². The zero-order valence-corrected chi connectivity index (χ0v) is 10.4. The fraction of sp³-hybridized carbons (Fsp3) is 0.615. The number of aromatic nitrogens is 1. The molecule has 0 radical (unpaired) electrons. The van der Waals surface area contributed by atoms with Gasteiger partial charge in [0.1, 0.15) is 0 Å². The number of nitrogens with one attached hydrogen (secondary N) is 2. The highest BCUT2D eigenvalue weighted by molar-refractivity contribution is 5.40. The summed E-state index contributed by atoms with van der Waals surface area (Å²) in [6.45, 7) is 6.57. The zero-order chi connectivity index (χ0) is 11.6. The van der Waals surface area contributed by atoms with Crippen molar-refractivity contribution in [3.05, 3.63) is 24.5 Å². The van der Waals surface area contributed by atoms with Gasteiger partial charge in [-0.3, -0.25) is 4.98 Å². The molecule has 3 heteroatoms. The number of hydrogen-bond acceptors (Lipinski definition) is 3. The summed E-state index contributed by atoms with van der Waals surface area (Å²) in [5, 5.41) is 6.89. The molecule has 1 aromatic rings. The van der Waals surface area contributed by atoms with Gasteiger partial charge in [-0.1, -0.05) is 13.3 Å². The maximum absolute atomic E-state index is 3.98. The van der Waals surface area contributed by atoms with Gasteiger partial charge < -0.3 is 10.6 Å². The molecule has 90 valence electrons. The Morgan fingerprint density at radius 2 is 2.00 bits per heavy atom. The molecule has 1 heterocycles. The molecule has 0 aromatic carbocycles. The molecule has 0 saturated heterocycles. The fourth-order valence-corrected chi connectivity index (χ4v) is 1.67.